The summed E-state index contributed by atoms with van der Waals surface area (Å²) >= 11 is 0. The highest BCUT2D eigenvalue weighted by Gasteiger charge is 2.22. The third-order valence-electron chi connectivity index (χ3n) is 3.88. The van der Waals surface area contributed by atoms with Gasteiger partial charge >= 0.3 is 0 Å². The highest BCUT2D eigenvalue weighted by atomic mass is 14.3. The predicted molar refractivity (Wildman–Crippen MR) is 66.6 cm³/mol. The first kappa shape index (κ1) is 10.7. The van der Waals surface area contributed by atoms with E-state index in [9.17, 15) is 0 Å². The molecule has 82 valence electrons. The van der Waals surface area contributed by atoms with Crippen molar-refractivity contribution in [3.8, 4) is 0 Å². The maximum absolute atomic E-state index is 2.40. The summed E-state index contributed by atoms with van der Waals surface area (Å²) in [5.74, 6) is 2.54. The fourth-order valence-electron chi connectivity index (χ4n) is 2.70. The van der Waals surface area contributed by atoms with Crippen LogP contribution in [0.1, 0.15) is 39.5 Å². The van der Waals surface area contributed by atoms with Crippen molar-refractivity contribution in [2.24, 2.45) is 17.8 Å². The van der Waals surface area contributed by atoms with Crippen LogP contribution in [0.25, 0.3) is 0 Å². The Kier molecular flexibility index (Phi) is 3.45. The van der Waals surface area contributed by atoms with E-state index >= 15 is 0 Å². The topological polar surface area (TPSA) is 0 Å². The van der Waals surface area contributed by atoms with E-state index in [0.717, 1.165) is 11.8 Å². The number of hydrogen-bond donors (Lipinski definition) is 0. The van der Waals surface area contributed by atoms with Crippen LogP contribution in [-0.2, 0) is 0 Å². The summed E-state index contributed by atoms with van der Waals surface area (Å²) in [6.07, 6.45) is 17.2. The minimum atomic E-state index is 0.686. The minimum Gasteiger partial charge on any atom is -0.0773 e. The average Bonchev–Trinajstić information content (AvgIpc) is 2.44. The van der Waals surface area contributed by atoms with Crippen molar-refractivity contribution < 1.29 is 0 Å². The second-order valence-electron chi connectivity index (χ2n) is 5.25. The van der Waals surface area contributed by atoms with Gasteiger partial charge in [0.1, 0.15) is 0 Å². The Hall–Kier alpha value is -0.780. The molecule has 1 atom stereocenters. The molecule has 0 aromatic carbocycles. The van der Waals surface area contributed by atoms with Gasteiger partial charge in [0, 0.05) is 0 Å². The Labute approximate surface area is 93.8 Å². The van der Waals surface area contributed by atoms with E-state index in [4.69, 9.17) is 0 Å². The van der Waals surface area contributed by atoms with E-state index in [0.29, 0.717) is 5.92 Å². The van der Waals surface area contributed by atoms with E-state index in [1.54, 1.807) is 0 Å². The maximum Gasteiger partial charge on any atom is -0.00189 e. The lowest BCUT2D eigenvalue weighted by Crippen LogP contribution is -2.18. The van der Waals surface area contributed by atoms with E-state index in [1.165, 1.54) is 31.3 Å². The van der Waals surface area contributed by atoms with Crippen LogP contribution in [0.15, 0.2) is 36.0 Å². The average molecular weight is 202 g/mol. The third-order valence-corrected chi connectivity index (χ3v) is 3.88. The molecule has 15 heavy (non-hydrogen) atoms. The molecule has 2 aliphatic carbocycles. The Bertz CT molecular complexity index is 285. The van der Waals surface area contributed by atoms with Crippen molar-refractivity contribution in [2.45, 2.75) is 39.5 Å². The lowest BCUT2D eigenvalue weighted by molar-refractivity contribution is 0.262. The molecule has 0 nitrogen and oxygen atoms in total. The van der Waals surface area contributed by atoms with E-state index < -0.39 is 0 Å². The molecule has 1 saturated carbocycles. The highest BCUT2D eigenvalue weighted by Crippen LogP contribution is 2.35. The van der Waals surface area contributed by atoms with Crippen molar-refractivity contribution >= 4 is 0 Å². The van der Waals surface area contributed by atoms with E-state index in [-0.39, 0.29) is 0 Å². The first-order valence-corrected chi connectivity index (χ1v) is 6.29. The molecule has 0 aliphatic heterocycles. The van der Waals surface area contributed by atoms with Gasteiger partial charge in [-0.3, -0.25) is 0 Å². The molecule has 0 aromatic heterocycles. The van der Waals surface area contributed by atoms with Gasteiger partial charge in [0.2, 0.25) is 0 Å². The van der Waals surface area contributed by atoms with E-state index in [2.05, 4.69) is 44.2 Å². The molecular formula is C15H22. The molecule has 0 saturated heterocycles. The quantitative estimate of drug-likeness (QED) is 0.587. The van der Waals surface area contributed by atoms with Crippen LogP contribution >= 0.6 is 0 Å². The molecule has 0 aromatic rings. The zero-order chi connectivity index (χ0) is 10.7. The molecule has 1 unspecified atom stereocenters. The fraction of sp³-hybridized carbons (Fsp3) is 0.600. The second-order valence-corrected chi connectivity index (χ2v) is 5.25. The predicted octanol–water partition coefficient (Wildman–Crippen LogP) is 4.50. The second kappa shape index (κ2) is 4.83. The van der Waals surface area contributed by atoms with Gasteiger partial charge in [-0.25, -0.2) is 0 Å². The molecule has 1 fully saturated rings. The summed E-state index contributed by atoms with van der Waals surface area (Å²) in [4.78, 5) is 0. The summed E-state index contributed by atoms with van der Waals surface area (Å²) < 4.78 is 0. The van der Waals surface area contributed by atoms with Crippen LogP contribution in [0.2, 0.25) is 0 Å². The van der Waals surface area contributed by atoms with Crippen LogP contribution < -0.4 is 0 Å². The van der Waals surface area contributed by atoms with Gasteiger partial charge in [-0.15, -0.1) is 0 Å². The van der Waals surface area contributed by atoms with Crippen LogP contribution in [0.5, 0.6) is 0 Å². The van der Waals surface area contributed by atoms with Gasteiger partial charge in [-0.2, -0.15) is 0 Å². The largest absolute Gasteiger partial charge is 0.0773 e. The number of hydrogen-bond acceptors (Lipinski definition) is 0. The third kappa shape index (κ3) is 2.84. The number of allylic oxidation sites excluding steroid dienone is 6. The molecule has 2 aliphatic rings. The van der Waals surface area contributed by atoms with Gasteiger partial charge in [0.25, 0.3) is 0 Å². The first-order valence-electron chi connectivity index (χ1n) is 6.29. The SMILES string of the molecule is CC1=CC=CC(C2CCC(C)CC2)C=C1. The van der Waals surface area contributed by atoms with Crippen molar-refractivity contribution in [1.82, 2.24) is 0 Å². The molecular weight excluding hydrogens is 180 g/mol. The molecule has 0 spiro atoms. The van der Waals surface area contributed by atoms with Crippen molar-refractivity contribution in [3.63, 3.8) is 0 Å². The molecule has 0 bridgehead atoms. The highest BCUT2D eigenvalue weighted by molar-refractivity contribution is 5.27. The Morgan fingerprint density at radius 2 is 1.80 bits per heavy atom. The van der Waals surface area contributed by atoms with E-state index in [1.807, 2.05) is 0 Å². The van der Waals surface area contributed by atoms with Gasteiger partial charge in [-0.05, 0) is 37.5 Å². The summed E-state index contributed by atoms with van der Waals surface area (Å²) in [6.45, 7) is 4.56. The first-order chi connectivity index (χ1) is 7.25. The van der Waals surface area contributed by atoms with Gasteiger partial charge in [0.05, 0.1) is 0 Å². The monoisotopic (exact) mass is 202 g/mol. The van der Waals surface area contributed by atoms with Gasteiger partial charge < -0.3 is 0 Å². The zero-order valence-corrected chi connectivity index (χ0v) is 9.95. The van der Waals surface area contributed by atoms with Crippen LogP contribution in [-0.4, -0.2) is 0 Å². The fourth-order valence-corrected chi connectivity index (χ4v) is 2.70. The molecule has 0 radical (unpaired) electrons. The Morgan fingerprint density at radius 3 is 2.53 bits per heavy atom. The van der Waals surface area contributed by atoms with Gasteiger partial charge in [0.15, 0.2) is 0 Å². The van der Waals surface area contributed by atoms with Crippen LogP contribution in [0, 0.1) is 17.8 Å². The molecule has 0 heteroatoms. The summed E-state index contributed by atoms with van der Waals surface area (Å²) in [7, 11) is 0. The van der Waals surface area contributed by atoms with Crippen molar-refractivity contribution in [1.29, 1.82) is 0 Å². The maximum atomic E-state index is 2.40. The minimum absolute atomic E-state index is 0.686. The zero-order valence-electron chi connectivity index (χ0n) is 9.95. The summed E-state index contributed by atoms with van der Waals surface area (Å²) in [5, 5.41) is 0. The van der Waals surface area contributed by atoms with Crippen molar-refractivity contribution in [3.05, 3.63) is 36.0 Å². The number of rotatable bonds is 1. The standard InChI is InChI=1S/C15H22/c1-12-4-3-5-14(9-6-12)15-10-7-13(2)8-11-15/h3-6,9,13-15H,7-8,10-11H2,1-2H3. The van der Waals surface area contributed by atoms with Crippen LogP contribution in [0.4, 0.5) is 0 Å². The molecule has 0 heterocycles. The summed E-state index contributed by atoms with van der Waals surface area (Å²) in [5.41, 5.74) is 1.37. The Balaban J connectivity index is 1.97. The summed E-state index contributed by atoms with van der Waals surface area (Å²) in [6, 6.07) is 0. The van der Waals surface area contributed by atoms with Crippen molar-refractivity contribution in [2.75, 3.05) is 0 Å². The lowest BCUT2D eigenvalue weighted by atomic mass is 9.76. The molecule has 0 amide bonds. The smallest absolute Gasteiger partial charge is 0.00189 e. The molecule has 2 rings (SSSR count). The van der Waals surface area contributed by atoms with Crippen LogP contribution in [0.3, 0.4) is 0 Å². The lowest BCUT2D eigenvalue weighted by Gasteiger charge is -2.29. The molecule has 0 N–H and O–H groups in total. The Morgan fingerprint density at radius 1 is 1.07 bits per heavy atom. The normalized spacial score (nSPS) is 36.1. The van der Waals surface area contributed by atoms with Gasteiger partial charge in [-0.1, -0.05) is 55.7 Å².